The third-order valence-corrected chi connectivity index (χ3v) is 3.56. The van der Waals surface area contributed by atoms with Gasteiger partial charge in [-0.25, -0.2) is 0 Å². The molecule has 0 amide bonds. The number of morpholine rings is 1. The number of benzene rings is 1. The topological polar surface area (TPSA) is 42.5 Å². The predicted molar refractivity (Wildman–Crippen MR) is 76.8 cm³/mol. The van der Waals surface area contributed by atoms with E-state index in [-0.39, 0.29) is 0 Å². The molecule has 4 nitrogen and oxygen atoms in total. The molecule has 1 aliphatic rings. The largest absolute Gasteiger partial charge is 0.496 e. The fourth-order valence-electron chi connectivity index (χ4n) is 2.39. The molecule has 1 aromatic carbocycles. The number of methoxy groups -OCH3 is 1. The van der Waals surface area contributed by atoms with Gasteiger partial charge in [0.2, 0.25) is 0 Å². The molecule has 4 heteroatoms. The van der Waals surface area contributed by atoms with Gasteiger partial charge in [-0.1, -0.05) is 6.07 Å². The number of nitrogens with one attached hydrogen (secondary N) is 2. The van der Waals surface area contributed by atoms with Crippen LogP contribution in [-0.4, -0.2) is 39.5 Å². The van der Waals surface area contributed by atoms with Crippen LogP contribution in [0, 0.1) is 13.8 Å². The average Bonchev–Trinajstić information content (AvgIpc) is 2.43. The fraction of sp³-hybridized carbons (Fsp3) is 0.600. The monoisotopic (exact) mass is 264 g/mol. The van der Waals surface area contributed by atoms with Crippen LogP contribution in [0.15, 0.2) is 12.1 Å². The molecule has 0 radical (unpaired) electrons. The van der Waals surface area contributed by atoms with E-state index < -0.39 is 0 Å². The Morgan fingerprint density at radius 2 is 2.21 bits per heavy atom. The van der Waals surface area contributed by atoms with Gasteiger partial charge in [0, 0.05) is 25.7 Å². The average molecular weight is 264 g/mol. The van der Waals surface area contributed by atoms with Gasteiger partial charge >= 0.3 is 0 Å². The van der Waals surface area contributed by atoms with E-state index in [4.69, 9.17) is 9.47 Å². The summed E-state index contributed by atoms with van der Waals surface area (Å²) in [7, 11) is 1.72. The summed E-state index contributed by atoms with van der Waals surface area (Å²) in [5.41, 5.74) is 3.78. The zero-order chi connectivity index (χ0) is 13.7. The van der Waals surface area contributed by atoms with Crippen LogP contribution in [0.25, 0.3) is 0 Å². The maximum atomic E-state index is 5.44. The van der Waals surface area contributed by atoms with Crippen molar-refractivity contribution in [1.82, 2.24) is 10.6 Å². The summed E-state index contributed by atoms with van der Waals surface area (Å²) in [6.07, 6.45) is 0. The second kappa shape index (κ2) is 6.89. The first-order chi connectivity index (χ1) is 9.20. The Hall–Kier alpha value is -1.10. The second-order valence-electron chi connectivity index (χ2n) is 5.11. The molecule has 1 fully saturated rings. The Bertz CT molecular complexity index is 415. The lowest BCUT2D eigenvalue weighted by Gasteiger charge is -2.24. The van der Waals surface area contributed by atoms with Gasteiger partial charge in [0.15, 0.2) is 0 Å². The van der Waals surface area contributed by atoms with E-state index >= 15 is 0 Å². The van der Waals surface area contributed by atoms with E-state index in [2.05, 4.69) is 36.6 Å². The molecule has 1 atom stereocenters. The Kier molecular flexibility index (Phi) is 5.19. The summed E-state index contributed by atoms with van der Waals surface area (Å²) < 4.78 is 10.8. The third kappa shape index (κ3) is 3.93. The minimum absolute atomic E-state index is 0.424. The van der Waals surface area contributed by atoms with Crippen LogP contribution in [-0.2, 0) is 11.3 Å². The Morgan fingerprint density at radius 3 is 2.89 bits per heavy atom. The Labute approximate surface area is 115 Å². The number of rotatable bonds is 5. The Balaban J connectivity index is 1.86. The molecule has 0 bridgehead atoms. The van der Waals surface area contributed by atoms with Crippen molar-refractivity contribution in [3.63, 3.8) is 0 Å². The summed E-state index contributed by atoms with van der Waals surface area (Å²) in [5, 5.41) is 6.94. The van der Waals surface area contributed by atoms with Crippen molar-refractivity contribution in [2.75, 3.05) is 33.4 Å². The first-order valence-corrected chi connectivity index (χ1v) is 6.86. The quantitative estimate of drug-likeness (QED) is 0.843. The lowest BCUT2D eigenvalue weighted by atomic mass is 10.0. The van der Waals surface area contributed by atoms with Crippen LogP contribution < -0.4 is 15.4 Å². The number of hydrogen-bond acceptors (Lipinski definition) is 4. The minimum Gasteiger partial charge on any atom is -0.496 e. The van der Waals surface area contributed by atoms with Crippen LogP contribution in [0.2, 0.25) is 0 Å². The van der Waals surface area contributed by atoms with E-state index in [1.54, 1.807) is 7.11 Å². The first kappa shape index (κ1) is 14.3. The van der Waals surface area contributed by atoms with Crippen LogP contribution in [0.3, 0.4) is 0 Å². The van der Waals surface area contributed by atoms with Crippen molar-refractivity contribution in [3.05, 3.63) is 28.8 Å². The van der Waals surface area contributed by atoms with Gasteiger partial charge in [0.25, 0.3) is 0 Å². The zero-order valence-corrected chi connectivity index (χ0v) is 12.1. The molecule has 0 saturated carbocycles. The SMILES string of the molecule is COc1cc(C)c(CNCC2COCCN2)cc1C. The molecule has 2 rings (SSSR count). The molecule has 1 aromatic rings. The van der Waals surface area contributed by atoms with Crippen molar-refractivity contribution < 1.29 is 9.47 Å². The van der Waals surface area contributed by atoms with E-state index in [0.717, 1.165) is 38.6 Å². The molecular formula is C15H24N2O2. The lowest BCUT2D eigenvalue weighted by molar-refractivity contribution is 0.0766. The predicted octanol–water partition coefficient (Wildman–Crippen LogP) is 1.39. The van der Waals surface area contributed by atoms with E-state index in [1.807, 2.05) is 0 Å². The third-order valence-electron chi connectivity index (χ3n) is 3.56. The van der Waals surface area contributed by atoms with Crippen molar-refractivity contribution in [3.8, 4) is 5.75 Å². The standard InChI is InChI=1S/C15H24N2O2/c1-11-7-15(18-3)12(2)6-13(11)8-16-9-14-10-19-5-4-17-14/h6-7,14,16-17H,4-5,8-10H2,1-3H3. The highest BCUT2D eigenvalue weighted by atomic mass is 16.5. The molecule has 0 aliphatic carbocycles. The maximum absolute atomic E-state index is 5.44. The molecule has 0 aromatic heterocycles. The summed E-state index contributed by atoms with van der Waals surface area (Å²) in [4.78, 5) is 0. The van der Waals surface area contributed by atoms with Gasteiger partial charge in [-0.3, -0.25) is 0 Å². The highest BCUT2D eigenvalue weighted by molar-refractivity contribution is 5.41. The summed E-state index contributed by atoms with van der Waals surface area (Å²) in [6, 6.07) is 4.73. The normalized spacial score (nSPS) is 19.4. The van der Waals surface area contributed by atoms with Crippen molar-refractivity contribution in [1.29, 1.82) is 0 Å². The molecule has 2 N–H and O–H groups in total. The summed E-state index contributed by atoms with van der Waals surface area (Å²) in [5.74, 6) is 0.962. The molecule has 1 unspecified atom stereocenters. The molecule has 19 heavy (non-hydrogen) atoms. The fourth-order valence-corrected chi connectivity index (χ4v) is 2.39. The lowest BCUT2D eigenvalue weighted by Crippen LogP contribution is -2.47. The van der Waals surface area contributed by atoms with Crippen molar-refractivity contribution >= 4 is 0 Å². The Morgan fingerprint density at radius 1 is 1.37 bits per heavy atom. The summed E-state index contributed by atoms with van der Waals surface area (Å²) in [6.45, 7) is 8.60. The van der Waals surface area contributed by atoms with Crippen LogP contribution in [0.1, 0.15) is 16.7 Å². The van der Waals surface area contributed by atoms with Gasteiger partial charge < -0.3 is 20.1 Å². The first-order valence-electron chi connectivity index (χ1n) is 6.86. The molecule has 1 aliphatic heterocycles. The molecule has 1 saturated heterocycles. The van der Waals surface area contributed by atoms with Gasteiger partial charge in [-0.15, -0.1) is 0 Å². The van der Waals surface area contributed by atoms with Gasteiger partial charge in [0.05, 0.1) is 20.3 Å². The zero-order valence-electron chi connectivity index (χ0n) is 12.1. The molecule has 106 valence electrons. The maximum Gasteiger partial charge on any atom is 0.122 e. The number of aryl methyl sites for hydroxylation is 2. The van der Waals surface area contributed by atoms with Gasteiger partial charge in [-0.05, 0) is 36.6 Å². The number of ether oxygens (including phenoxy) is 2. The van der Waals surface area contributed by atoms with Gasteiger partial charge in [0.1, 0.15) is 5.75 Å². The highest BCUT2D eigenvalue weighted by Gasteiger charge is 2.12. The van der Waals surface area contributed by atoms with Crippen LogP contribution in [0.4, 0.5) is 0 Å². The van der Waals surface area contributed by atoms with E-state index in [9.17, 15) is 0 Å². The van der Waals surface area contributed by atoms with Gasteiger partial charge in [-0.2, -0.15) is 0 Å². The molecule has 1 heterocycles. The summed E-state index contributed by atoms with van der Waals surface area (Å²) >= 11 is 0. The molecule has 0 spiro atoms. The highest BCUT2D eigenvalue weighted by Crippen LogP contribution is 2.22. The van der Waals surface area contributed by atoms with E-state index in [1.165, 1.54) is 16.7 Å². The van der Waals surface area contributed by atoms with Crippen molar-refractivity contribution in [2.24, 2.45) is 0 Å². The second-order valence-corrected chi connectivity index (χ2v) is 5.11. The number of hydrogen-bond donors (Lipinski definition) is 2. The minimum atomic E-state index is 0.424. The smallest absolute Gasteiger partial charge is 0.122 e. The van der Waals surface area contributed by atoms with E-state index in [0.29, 0.717) is 6.04 Å². The molecular weight excluding hydrogens is 240 g/mol. The van der Waals surface area contributed by atoms with Crippen LogP contribution in [0.5, 0.6) is 5.75 Å². The van der Waals surface area contributed by atoms with Crippen molar-refractivity contribution in [2.45, 2.75) is 26.4 Å². The van der Waals surface area contributed by atoms with Crippen LogP contribution >= 0.6 is 0 Å².